The predicted octanol–water partition coefficient (Wildman–Crippen LogP) is 12.4. The fraction of sp³-hybridized carbons (Fsp3) is 0.582. The van der Waals surface area contributed by atoms with Crippen LogP contribution in [0.1, 0.15) is 143 Å². The zero-order valence-electron chi connectivity index (χ0n) is 60.0. The molecule has 3 amide bonds. The van der Waals surface area contributed by atoms with E-state index in [2.05, 4.69) is 83.3 Å². The number of amides is 3. The van der Waals surface area contributed by atoms with E-state index in [0.29, 0.717) is 110 Å². The highest BCUT2D eigenvalue weighted by molar-refractivity contribution is 6.00. The lowest BCUT2D eigenvalue weighted by molar-refractivity contribution is -0.141. The quantitative estimate of drug-likeness (QED) is 0.0294. The number of nitrogens with one attached hydrogen (secondary N) is 1. The Morgan fingerprint density at radius 3 is 1.92 bits per heavy atom. The van der Waals surface area contributed by atoms with Gasteiger partial charge in [-0.15, -0.1) is 0 Å². The van der Waals surface area contributed by atoms with Gasteiger partial charge in [-0.05, 0) is 201 Å². The third-order valence-corrected chi connectivity index (χ3v) is 19.7. The van der Waals surface area contributed by atoms with E-state index in [9.17, 15) is 19.2 Å². The van der Waals surface area contributed by atoms with Crippen LogP contribution in [0.15, 0.2) is 97.1 Å². The summed E-state index contributed by atoms with van der Waals surface area (Å²) in [4.78, 5) is 68.8. The fourth-order valence-electron chi connectivity index (χ4n) is 14.1. The number of aromatic nitrogens is 1. The minimum atomic E-state index is -0.793. The number of carbonyl (C=O) groups excluding carboxylic acids is 4. The Labute approximate surface area is 582 Å². The molecule has 4 fully saturated rings. The highest BCUT2D eigenvalue weighted by atomic mass is 16.6. The predicted molar refractivity (Wildman–Crippen MR) is 382 cm³/mol. The number of anilines is 1. The summed E-state index contributed by atoms with van der Waals surface area (Å²) in [6.45, 7) is 25.9. The van der Waals surface area contributed by atoms with Crippen LogP contribution in [0.2, 0.25) is 0 Å². The number of benzene rings is 4. The molecule has 534 valence electrons. The van der Waals surface area contributed by atoms with Gasteiger partial charge in [0.2, 0.25) is 17.7 Å². The number of ether oxygens (including phenoxy) is 9. The van der Waals surface area contributed by atoms with E-state index in [1.54, 1.807) is 34.7 Å². The minimum Gasteiger partial charge on any atom is -0.491 e. The molecule has 1 aliphatic carbocycles. The molecule has 0 bridgehead atoms. The van der Waals surface area contributed by atoms with Crippen LogP contribution in [0.25, 0.3) is 11.1 Å². The van der Waals surface area contributed by atoms with Crippen LogP contribution in [0.4, 0.5) is 10.5 Å². The lowest BCUT2D eigenvalue weighted by atomic mass is 9.83. The number of rotatable bonds is 36. The van der Waals surface area contributed by atoms with E-state index < -0.39 is 23.8 Å². The van der Waals surface area contributed by atoms with Crippen LogP contribution >= 0.6 is 0 Å². The van der Waals surface area contributed by atoms with Crippen molar-refractivity contribution < 1.29 is 61.8 Å². The zero-order chi connectivity index (χ0) is 69.4. The SMILES string of the molecule is CCN(c1cc(-c2ccc(OCCOCCOCCOCCOCCOc3ccc(CCN4CC[C@H]5CCN(C(=O)[C@@H](NC(=O)[C@H](C)N(C)C(=O)OC(C)(C)C)C6CCCCC6)[C@H]5C4)cc3)cc2)cc(C(=O)CCc2c(C)cc(C)nc2OCc2ccccc2)c1C)C1CCOCC1. The second-order valence-corrected chi connectivity index (χ2v) is 27.8. The maximum atomic E-state index is 14.6. The molecule has 4 heterocycles. The van der Waals surface area contributed by atoms with Crippen molar-refractivity contribution in [3.05, 3.63) is 136 Å². The van der Waals surface area contributed by atoms with Gasteiger partial charge in [-0.25, -0.2) is 9.78 Å². The van der Waals surface area contributed by atoms with Gasteiger partial charge in [0.05, 0.1) is 52.9 Å². The Morgan fingerprint density at radius 2 is 1.30 bits per heavy atom. The second kappa shape index (κ2) is 37.9. The molecule has 19 nitrogen and oxygen atoms in total. The Bertz CT molecular complexity index is 3300. The molecule has 4 aromatic carbocycles. The van der Waals surface area contributed by atoms with E-state index in [1.807, 2.05) is 61.5 Å². The van der Waals surface area contributed by atoms with Gasteiger partial charge in [0, 0.05) is 87.5 Å². The number of nitrogens with zero attached hydrogens (tertiary/aromatic N) is 5. The Hall–Kier alpha value is -7.13. The maximum absolute atomic E-state index is 14.6. The molecule has 1 saturated carbocycles. The molecule has 1 N–H and O–H groups in total. The second-order valence-electron chi connectivity index (χ2n) is 27.8. The number of fused-ring (bicyclic) bond motifs is 1. The maximum Gasteiger partial charge on any atom is 0.410 e. The third kappa shape index (κ3) is 22.2. The van der Waals surface area contributed by atoms with Gasteiger partial charge >= 0.3 is 6.09 Å². The highest BCUT2D eigenvalue weighted by Gasteiger charge is 2.45. The first-order valence-electron chi connectivity index (χ1n) is 36.1. The van der Waals surface area contributed by atoms with E-state index in [1.165, 1.54) is 10.5 Å². The number of piperidine rings is 1. The smallest absolute Gasteiger partial charge is 0.410 e. The molecular weight excluding hydrogens is 1240 g/mol. The van der Waals surface area contributed by atoms with Gasteiger partial charge < -0.3 is 62.6 Å². The largest absolute Gasteiger partial charge is 0.491 e. The molecule has 0 radical (unpaired) electrons. The van der Waals surface area contributed by atoms with Crippen molar-refractivity contribution in [2.75, 3.05) is 124 Å². The monoisotopic (exact) mass is 1350 g/mol. The molecule has 1 aromatic heterocycles. The fourth-order valence-corrected chi connectivity index (χ4v) is 14.1. The summed E-state index contributed by atoms with van der Waals surface area (Å²) in [5.41, 5.74) is 9.29. The lowest BCUT2D eigenvalue weighted by Crippen LogP contribution is -2.59. The Kier molecular flexibility index (Phi) is 29.0. The normalized spacial score (nSPS) is 17.6. The molecule has 9 rings (SSSR count). The molecule has 4 atom stereocenters. The van der Waals surface area contributed by atoms with Crippen molar-refractivity contribution >= 4 is 29.4 Å². The van der Waals surface area contributed by atoms with Gasteiger partial charge in [-0.1, -0.05) is 73.9 Å². The number of likely N-dealkylation sites (N-methyl/N-ethyl adjacent to an activating group) is 1. The molecule has 5 aromatic rings. The topological polar surface area (TPSA) is 189 Å². The molecule has 19 heteroatoms. The van der Waals surface area contributed by atoms with E-state index >= 15 is 0 Å². The summed E-state index contributed by atoms with van der Waals surface area (Å²) in [7, 11) is 1.57. The first kappa shape index (κ1) is 75.1. The number of pyridine rings is 1. The lowest BCUT2D eigenvalue weighted by Gasteiger charge is -2.41. The van der Waals surface area contributed by atoms with Crippen molar-refractivity contribution in [3.8, 4) is 28.5 Å². The molecule has 98 heavy (non-hydrogen) atoms. The van der Waals surface area contributed by atoms with E-state index in [-0.39, 0.29) is 29.6 Å². The minimum absolute atomic E-state index is 0.0210. The molecule has 3 saturated heterocycles. The summed E-state index contributed by atoms with van der Waals surface area (Å²) in [5.74, 6) is 2.41. The summed E-state index contributed by atoms with van der Waals surface area (Å²) in [6, 6.07) is 31.8. The number of hydrogen-bond acceptors (Lipinski definition) is 16. The van der Waals surface area contributed by atoms with Gasteiger partial charge in [0.25, 0.3) is 0 Å². The van der Waals surface area contributed by atoms with Crippen molar-refractivity contribution in [3.63, 3.8) is 0 Å². The number of ketones is 1. The summed E-state index contributed by atoms with van der Waals surface area (Å²) >= 11 is 0. The number of likely N-dealkylation sites (tertiary alicyclic amines) is 2. The first-order valence-corrected chi connectivity index (χ1v) is 36.1. The molecule has 0 unspecified atom stereocenters. The van der Waals surface area contributed by atoms with Gasteiger partial charge in [-0.3, -0.25) is 19.3 Å². The van der Waals surface area contributed by atoms with Crippen molar-refractivity contribution in [2.45, 2.75) is 169 Å². The van der Waals surface area contributed by atoms with Crippen molar-refractivity contribution in [1.29, 1.82) is 0 Å². The van der Waals surface area contributed by atoms with Crippen LogP contribution in [0.3, 0.4) is 0 Å². The number of Topliss-reactive ketones (excluding diaryl/α,β-unsaturated/α-hetero) is 1. The molecule has 4 aliphatic rings. The van der Waals surface area contributed by atoms with Crippen LogP contribution in [0.5, 0.6) is 17.4 Å². The summed E-state index contributed by atoms with van der Waals surface area (Å²) in [5, 5.41) is 3.15. The first-order chi connectivity index (χ1) is 47.4. The van der Waals surface area contributed by atoms with Gasteiger partial charge in [0.15, 0.2) is 5.78 Å². The zero-order valence-corrected chi connectivity index (χ0v) is 60.0. The third-order valence-electron chi connectivity index (χ3n) is 19.7. The highest BCUT2D eigenvalue weighted by Crippen LogP contribution is 2.38. The summed E-state index contributed by atoms with van der Waals surface area (Å²) in [6.07, 6.45) is 10.1. The molecule has 3 aliphatic heterocycles. The van der Waals surface area contributed by atoms with Crippen LogP contribution in [-0.4, -0.2) is 192 Å². The van der Waals surface area contributed by atoms with E-state index in [4.69, 9.17) is 47.6 Å². The van der Waals surface area contributed by atoms with Crippen molar-refractivity contribution in [1.82, 2.24) is 25.0 Å². The average molecular weight is 1350 g/mol. The van der Waals surface area contributed by atoms with Crippen LogP contribution < -0.4 is 24.4 Å². The Morgan fingerprint density at radius 1 is 0.684 bits per heavy atom. The van der Waals surface area contributed by atoms with Crippen LogP contribution in [-0.2, 0) is 57.5 Å². The summed E-state index contributed by atoms with van der Waals surface area (Å²) < 4.78 is 52.7. The van der Waals surface area contributed by atoms with Gasteiger partial charge in [0.1, 0.15) is 49.0 Å². The standard InChI is InChI=1S/C79H110N6O13/c1-10-84(66-34-39-90-40-35-66)71-53-65(52-70(58(71)4)73(86)30-29-69-56(2)51-57(3)80-76(69)97-55-61-17-13-11-14-18-61)62-23-27-68(28-24-62)96-50-48-94-46-44-92-42-41-91-43-45-93-47-49-95-67-25-21-60(22-26-67)31-36-83-37-32-63-33-38-85(72(63)54-83)77(88)74(64-19-15-12-16-20-64)81-75(87)59(5)82(9)78(89)98-79(6,7)8/h11,13-14,17-18,21-28,51-53,59,63-64,66,72,74H,10,12,15-16,19-20,29-50,54-55H2,1-9H3,(H,81,87)/t59-,63-,72-,74-/m0/s1. The average Bonchev–Trinajstić information content (AvgIpc) is 1.21. The van der Waals surface area contributed by atoms with Crippen molar-refractivity contribution in [2.24, 2.45) is 11.8 Å². The number of hydrogen-bond donors (Lipinski definition) is 1. The Balaban J connectivity index is 0.625. The van der Waals surface area contributed by atoms with Gasteiger partial charge in [-0.2, -0.15) is 0 Å². The van der Waals surface area contributed by atoms with E-state index in [0.717, 1.165) is 165 Å². The molecular formula is C79H110N6O13. The number of aryl methyl sites for hydroxylation is 2. The number of carbonyl (C=O) groups is 4. The molecule has 0 spiro atoms. The van der Waals surface area contributed by atoms with Crippen LogP contribution in [0, 0.1) is 32.6 Å².